The van der Waals surface area contributed by atoms with Crippen molar-refractivity contribution in [3.8, 4) is 0 Å². The van der Waals surface area contributed by atoms with Crippen molar-refractivity contribution in [3.63, 3.8) is 0 Å². The third kappa shape index (κ3) is 6.46. The number of halogens is 1. The molecule has 0 aliphatic rings. The first-order valence-electron chi connectivity index (χ1n) is 6.84. The number of benzene rings is 1. The molecule has 0 radical (unpaired) electrons. The number of sulfonamides is 1. The standard InChI is InChI=1S/C14H21ClN2O3S/c1-3-4-10-17(21(2,19)20)11-9-14(18)16-13-8-6-5-7-12(13)15/h5-8H,3-4,9-11H2,1-2H3,(H,16,18). The lowest BCUT2D eigenvalue weighted by Gasteiger charge is -2.19. The zero-order chi connectivity index (χ0) is 15.9. The largest absolute Gasteiger partial charge is 0.325 e. The van der Waals surface area contributed by atoms with Gasteiger partial charge in [0.15, 0.2) is 0 Å². The Labute approximate surface area is 131 Å². The molecule has 1 rings (SSSR count). The Morgan fingerprint density at radius 1 is 1.29 bits per heavy atom. The first kappa shape index (κ1) is 17.9. The number of nitrogens with zero attached hydrogens (tertiary/aromatic N) is 1. The molecule has 0 aliphatic heterocycles. The number of hydrogen-bond acceptors (Lipinski definition) is 3. The van der Waals surface area contributed by atoms with Gasteiger partial charge in [-0.3, -0.25) is 4.79 Å². The first-order chi connectivity index (χ1) is 9.84. The molecule has 21 heavy (non-hydrogen) atoms. The fourth-order valence-electron chi connectivity index (χ4n) is 1.78. The molecule has 0 aliphatic carbocycles. The average Bonchev–Trinajstić information content (AvgIpc) is 2.40. The molecule has 1 aromatic carbocycles. The van der Waals surface area contributed by atoms with Crippen LogP contribution >= 0.6 is 11.6 Å². The molecule has 0 saturated heterocycles. The number of rotatable bonds is 8. The Hall–Kier alpha value is -1.11. The summed E-state index contributed by atoms with van der Waals surface area (Å²) in [7, 11) is -3.29. The van der Waals surface area contributed by atoms with E-state index in [0.717, 1.165) is 19.1 Å². The zero-order valence-corrected chi connectivity index (χ0v) is 13.9. The molecule has 0 spiro atoms. The van der Waals surface area contributed by atoms with Gasteiger partial charge in [0.25, 0.3) is 0 Å². The van der Waals surface area contributed by atoms with Gasteiger partial charge in [0.05, 0.1) is 17.0 Å². The average molecular weight is 333 g/mol. The third-order valence-corrected chi connectivity index (χ3v) is 4.60. The minimum Gasteiger partial charge on any atom is -0.325 e. The molecule has 0 atom stereocenters. The normalized spacial score (nSPS) is 11.6. The first-order valence-corrected chi connectivity index (χ1v) is 9.06. The van der Waals surface area contributed by atoms with Crippen molar-refractivity contribution in [3.05, 3.63) is 29.3 Å². The van der Waals surface area contributed by atoms with E-state index < -0.39 is 10.0 Å². The number of para-hydroxylation sites is 1. The minimum atomic E-state index is -3.29. The van der Waals surface area contributed by atoms with Crippen LogP contribution in [0.25, 0.3) is 0 Å². The maximum atomic E-state index is 11.9. The van der Waals surface area contributed by atoms with Gasteiger partial charge in [0.1, 0.15) is 0 Å². The lowest BCUT2D eigenvalue weighted by molar-refractivity contribution is -0.116. The Bertz CT molecular complexity index is 575. The highest BCUT2D eigenvalue weighted by molar-refractivity contribution is 7.88. The van der Waals surface area contributed by atoms with Crippen molar-refractivity contribution in [1.82, 2.24) is 4.31 Å². The molecule has 7 heteroatoms. The maximum Gasteiger partial charge on any atom is 0.225 e. The van der Waals surface area contributed by atoms with E-state index in [1.807, 2.05) is 6.92 Å². The number of carbonyl (C=O) groups excluding carboxylic acids is 1. The van der Waals surface area contributed by atoms with Crippen LogP contribution in [0.4, 0.5) is 5.69 Å². The topological polar surface area (TPSA) is 66.5 Å². The number of carbonyl (C=O) groups is 1. The van der Waals surface area contributed by atoms with E-state index in [1.165, 1.54) is 4.31 Å². The molecule has 1 aromatic rings. The van der Waals surface area contributed by atoms with E-state index in [4.69, 9.17) is 11.6 Å². The molecule has 118 valence electrons. The summed E-state index contributed by atoms with van der Waals surface area (Å²) in [4.78, 5) is 11.9. The summed E-state index contributed by atoms with van der Waals surface area (Å²) < 4.78 is 24.6. The lowest BCUT2D eigenvalue weighted by atomic mass is 10.3. The quantitative estimate of drug-likeness (QED) is 0.796. The molecule has 0 saturated carbocycles. The van der Waals surface area contributed by atoms with Gasteiger partial charge < -0.3 is 5.32 Å². The van der Waals surface area contributed by atoms with Crippen LogP contribution < -0.4 is 5.32 Å². The van der Waals surface area contributed by atoms with E-state index in [0.29, 0.717) is 17.3 Å². The SMILES string of the molecule is CCCCN(CCC(=O)Nc1ccccc1Cl)S(C)(=O)=O. The monoisotopic (exact) mass is 332 g/mol. The zero-order valence-electron chi connectivity index (χ0n) is 12.3. The number of hydrogen-bond donors (Lipinski definition) is 1. The summed E-state index contributed by atoms with van der Waals surface area (Å²) in [6.45, 7) is 2.61. The Balaban J connectivity index is 2.56. The van der Waals surface area contributed by atoms with Gasteiger partial charge in [-0.1, -0.05) is 37.1 Å². The Morgan fingerprint density at radius 2 is 1.95 bits per heavy atom. The smallest absolute Gasteiger partial charge is 0.225 e. The van der Waals surface area contributed by atoms with Gasteiger partial charge in [-0.2, -0.15) is 0 Å². The Morgan fingerprint density at radius 3 is 2.52 bits per heavy atom. The van der Waals surface area contributed by atoms with Crippen molar-refractivity contribution in [1.29, 1.82) is 0 Å². The summed E-state index contributed by atoms with van der Waals surface area (Å²) in [5, 5.41) is 3.14. The van der Waals surface area contributed by atoms with E-state index in [9.17, 15) is 13.2 Å². The van der Waals surface area contributed by atoms with Crippen LogP contribution in [-0.4, -0.2) is 38.0 Å². The van der Waals surface area contributed by atoms with E-state index in [-0.39, 0.29) is 18.9 Å². The van der Waals surface area contributed by atoms with Gasteiger partial charge >= 0.3 is 0 Å². The number of unbranched alkanes of at least 4 members (excludes halogenated alkanes) is 1. The van der Waals surface area contributed by atoms with Crippen molar-refractivity contribution in [2.45, 2.75) is 26.2 Å². The van der Waals surface area contributed by atoms with Gasteiger partial charge in [0, 0.05) is 19.5 Å². The van der Waals surface area contributed by atoms with Crippen LogP contribution in [0.15, 0.2) is 24.3 Å². The molecule has 1 amide bonds. The molecule has 0 unspecified atom stereocenters. The summed E-state index contributed by atoms with van der Waals surface area (Å²) in [6, 6.07) is 6.92. The third-order valence-electron chi connectivity index (χ3n) is 2.97. The minimum absolute atomic E-state index is 0.0992. The molecule has 0 bridgehead atoms. The van der Waals surface area contributed by atoms with Crippen molar-refractivity contribution in [2.75, 3.05) is 24.7 Å². The second kappa shape index (κ2) is 8.36. The summed E-state index contributed by atoms with van der Waals surface area (Å²) in [5.74, 6) is -0.256. The predicted molar refractivity (Wildman–Crippen MR) is 86.0 cm³/mol. The molecule has 0 heterocycles. The van der Waals surface area contributed by atoms with Crippen LogP contribution in [0, 0.1) is 0 Å². The van der Waals surface area contributed by atoms with Gasteiger partial charge in [0.2, 0.25) is 15.9 Å². The molecular weight excluding hydrogens is 312 g/mol. The molecule has 0 fully saturated rings. The highest BCUT2D eigenvalue weighted by atomic mass is 35.5. The second-order valence-corrected chi connectivity index (χ2v) is 7.18. The maximum absolute atomic E-state index is 11.9. The summed E-state index contributed by atoms with van der Waals surface area (Å²) in [6.07, 6.45) is 2.94. The number of amides is 1. The number of nitrogens with one attached hydrogen (secondary N) is 1. The van der Waals surface area contributed by atoms with E-state index >= 15 is 0 Å². The Kier molecular flexibility index (Phi) is 7.14. The number of anilines is 1. The van der Waals surface area contributed by atoms with Gasteiger partial charge in [-0.15, -0.1) is 0 Å². The molecule has 1 N–H and O–H groups in total. The highest BCUT2D eigenvalue weighted by Gasteiger charge is 2.17. The van der Waals surface area contributed by atoms with Crippen LogP contribution in [0.1, 0.15) is 26.2 Å². The molecule has 0 aromatic heterocycles. The van der Waals surface area contributed by atoms with Crippen LogP contribution in [-0.2, 0) is 14.8 Å². The van der Waals surface area contributed by atoms with Crippen molar-refractivity contribution >= 4 is 33.2 Å². The van der Waals surface area contributed by atoms with Crippen molar-refractivity contribution < 1.29 is 13.2 Å². The second-order valence-electron chi connectivity index (χ2n) is 4.79. The predicted octanol–water partition coefficient (Wildman–Crippen LogP) is 2.73. The van der Waals surface area contributed by atoms with Crippen LogP contribution in [0.5, 0.6) is 0 Å². The summed E-state index contributed by atoms with van der Waals surface area (Å²) in [5.41, 5.74) is 0.531. The van der Waals surface area contributed by atoms with Crippen LogP contribution in [0.2, 0.25) is 5.02 Å². The van der Waals surface area contributed by atoms with Gasteiger partial charge in [-0.05, 0) is 18.6 Å². The fraction of sp³-hybridized carbons (Fsp3) is 0.500. The molecular formula is C14H21ClN2O3S. The molecule has 5 nitrogen and oxygen atoms in total. The van der Waals surface area contributed by atoms with Gasteiger partial charge in [-0.25, -0.2) is 12.7 Å². The lowest BCUT2D eigenvalue weighted by Crippen LogP contribution is -2.33. The fourth-order valence-corrected chi connectivity index (χ4v) is 2.85. The summed E-state index contributed by atoms with van der Waals surface area (Å²) >= 11 is 5.95. The van der Waals surface area contributed by atoms with E-state index in [1.54, 1.807) is 24.3 Å². The van der Waals surface area contributed by atoms with E-state index in [2.05, 4.69) is 5.32 Å². The van der Waals surface area contributed by atoms with Crippen LogP contribution in [0.3, 0.4) is 0 Å². The highest BCUT2D eigenvalue weighted by Crippen LogP contribution is 2.20. The van der Waals surface area contributed by atoms with Crippen molar-refractivity contribution in [2.24, 2.45) is 0 Å².